The number of hydrogen-bond acceptors (Lipinski definition) is 9. The Morgan fingerprint density at radius 3 is 2.38 bits per heavy atom. The van der Waals surface area contributed by atoms with Crippen molar-refractivity contribution in [2.45, 2.75) is 12.5 Å². The quantitative estimate of drug-likeness (QED) is 0.349. The molecule has 1 atom stereocenters. The summed E-state index contributed by atoms with van der Waals surface area (Å²) in [5.41, 5.74) is 12.6. The minimum atomic E-state index is -1.10. The Labute approximate surface area is 182 Å². The lowest BCUT2D eigenvalue weighted by Gasteiger charge is -2.09. The third kappa shape index (κ3) is 6.00. The highest BCUT2D eigenvalue weighted by Gasteiger charge is 2.13. The average Bonchev–Trinajstić information content (AvgIpc) is 2.75. The first-order valence-electron chi connectivity index (χ1n) is 9.34. The number of nitrogens with one attached hydrogen (secondary N) is 1. The number of para-hydroxylation sites is 1. The number of phenols is 1. The van der Waals surface area contributed by atoms with Crippen LogP contribution in [0.25, 0.3) is 0 Å². The number of amides is 1. The zero-order valence-corrected chi connectivity index (χ0v) is 16.7. The van der Waals surface area contributed by atoms with Gasteiger partial charge in [0.25, 0.3) is 0 Å². The Bertz CT molecular complexity index is 1150. The number of nitrogen functional groups attached to an aromatic ring is 1. The number of carboxylic acid groups (broad SMARTS) is 1. The number of pyridine rings is 1. The van der Waals surface area contributed by atoms with Crippen LogP contribution < -0.4 is 21.5 Å². The van der Waals surface area contributed by atoms with Crippen molar-refractivity contribution < 1.29 is 24.5 Å². The Balaban J connectivity index is 1.59. The molecule has 11 heteroatoms. The van der Waals surface area contributed by atoms with Crippen molar-refractivity contribution in [3.05, 3.63) is 66.2 Å². The van der Waals surface area contributed by atoms with E-state index in [1.165, 1.54) is 30.3 Å². The molecule has 164 valence electrons. The van der Waals surface area contributed by atoms with E-state index in [1.807, 2.05) is 0 Å². The molecule has 0 spiro atoms. The fourth-order valence-electron chi connectivity index (χ4n) is 2.55. The Hall–Kier alpha value is -4.51. The first kappa shape index (κ1) is 22.2. The zero-order valence-electron chi connectivity index (χ0n) is 16.7. The highest BCUT2D eigenvalue weighted by Crippen LogP contribution is 2.29. The molecule has 2 aromatic carbocycles. The van der Waals surface area contributed by atoms with Gasteiger partial charge in [0.2, 0.25) is 0 Å². The van der Waals surface area contributed by atoms with E-state index in [2.05, 4.69) is 20.5 Å². The first-order chi connectivity index (χ1) is 15.3. The second kappa shape index (κ2) is 10.00. The standard InChI is InChI=1S/C21H20N6O5/c22-14(20(29)30)11-12-5-7-13(8-6-12)32-21(31)25-18-10-9-16(19(23)24-18)27-26-15-3-1-2-4-17(15)28/h1-10,14,28H,11,22H2,(H,29,30)(H3,23,24,25,31)/t14-/m0/s1. The molecule has 3 rings (SSSR count). The molecule has 0 aliphatic heterocycles. The fraction of sp³-hybridized carbons (Fsp3) is 0.0952. The predicted molar refractivity (Wildman–Crippen MR) is 116 cm³/mol. The number of carbonyl (C=O) groups excluding carboxylic acids is 1. The molecule has 7 N–H and O–H groups in total. The number of aromatic nitrogens is 1. The maximum absolute atomic E-state index is 12.1. The van der Waals surface area contributed by atoms with Crippen molar-refractivity contribution in [3.8, 4) is 11.5 Å². The molecule has 0 unspecified atom stereocenters. The third-order valence-electron chi connectivity index (χ3n) is 4.19. The van der Waals surface area contributed by atoms with E-state index in [0.29, 0.717) is 5.56 Å². The van der Waals surface area contributed by atoms with Gasteiger partial charge in [-0.1, -0.05) is 24.3 Å². The largest absolute Gasteiger partial charge is 0.506 e. The van der Waals surface area contributed by atoms with Crippen LogP contribution in [0, 0.1) is 0 Å². The topological polar surface area (TPSA) is 186 Å². The number of azo groups is 1. The highest BCUT2D eigenvalue weighted by molar-refractivity contribution is 5.85. The van der Waals surface area contributed by atoms with Gasteiger partial charge in [-0.05, 0) is 48.4 Å². The van der Waals surface area contributed by atoms with Crippen LogP contribution in [-0.2, 0) is 11.2 Å². The molecule has 1 heterocycles. The molecule has 1 amide bonds. The summed E-state index contributed by atoms with van der Waals surface area (Å²) < 4.78 is 5.17. The van der Waals surface area contributed by atoms with Gasteiger partial charge >= 0.3 is 12.1 Å². The fourth-order valence-corrected chi connectivity index (χ4v) is 2.55. The SMILES string of the molecule is Nc1nc(NC(=O)Oc2ccc(C[C@H](N)C(=O)O)cc2)ccc1N=Nc1ccccc1O. The molecular formula is C21H20N6O5. The normalized spacial score (nSPS) is 11.8. The Morgan fingerprint density at radius 2 is 1.72 bits per heavy atom. The molecule has 0 aliphatic rings. The van der Waals surface area contributed by atoms with Crippen molar-refractivity contribution in [1.29, 1.82) is 0 Å². The summed E-state index contributed by atoms with van der Waals surface area (Å²) in [7, 11) is 0. The van der Waals surface area contributed by atoms with E-state index in [1.54, 1.807) is 30.3 Å². The van der Waals surface area contributed by atoms with Gasteiger partial charge in [0.15, 0.2) is 5.82 Å². The maximum Gasteiger partial charge on any atom is 0.418 e. The van der Waals surface area contributed by atoms with Gasteiger partial charge in [0, 0.05) is 0 Å². The molecule has 1 aromatic heterocycles. The van der Waals surface area contributed by atoms with E-state index in [4.69, 9.17) is 21.3 Å². The molecule has 0 saturated heterocycles. The summed E-state index contributed by atoms with van der Waals surface area (Å²) in [5, 5.41) is 28.9. The third-order valence-corrected chi connectivity index (χ3v) is 4.19. The number of aliphatic carboxylic acids is 1. The summed E-state index contributed by atoms with van der Waals surface area (Å²) in [6.45, 7) is 0. The number of carbonyl (C=O) groups is 2. The molecule has 0 aliphatic carbocycles. The molecule has 0 saturated carbocycles. The second-order valence-electron chi connectivity index (χ2n) is 6.60. The minimum Gasteiger partial charge on any atom is -0.506 e. The van der Waals surface area contributed by atoms with Crippen molar-refractivity contribution in [2.75, 3.05) is 11.1 Å². The number of nitrogens with zero attached hydrogens (tertiary/aromatic N) is 3. The Morgan fingerprint density at radius 1 is 1.03 bits per heavy atom. The van der Waals surface area contributed by atoms with E-state index in [-0.39, 0.29) is 40.9 Å². The predicted octanol–water partition coefficient (Wildman–Crippen LogP) is 3.35. The van der Waals surface area contributed by atoms with Crippen LogP contribution in [-0.4, -0.2) is 33.3 Å². The zero-order chi connectivity index (χ0) is 23.1. The molecule has 0 radical (unpaired) electrons. The van der Waals surface area contributed by atoms with Gasteiger partial charge in [-0.3, -0.25) is 10.1 Å². The van der Waals surface area contributed by atoms with Crippen LogP contribution in [0.2, 0.25) is 0 Å². The van der Waals surface area contributed by atoms with Gasteiger partial charge in [0.1, 0.15) is 34.7 Å². The van der Waals surface area contributed by atoms with E-state index in [9.17, 15) is 14.7 Å². The van der Waals surface area contributed by atoms with Crippen LogP contribution in [0.3, 0.4) is 0 Å². The average molecular weight is 436 g/mol. The smallest absolute Gasteiger partial charge is 0.418 e. The van der Waals surface area contributed by atoms with Gasteiger partial charge in [-0.2, -0.15) is 0 Å². The molecular weight excluding hydrogens is 416 g/mol. The van der Waals surface area contributed by atoms with E-state index in [0.717, 1.165) is 0 Å². The van der Waals surface area contributed by atoms with Gasteiger partial charge in [-0.15, -0.1) is 10.2 Å². The summed E-state index contributed by atoms with van der Waals surface area (Å²) in [5.74, 6) is -0.723. The number of nitrogens with two attached hydrogens (primary N) is 2. The second-order valence-corrected chi connectivity index (χ2v) is 6.60. The maximum atomic E-state index is 12.1. The van der Waals surface area contributed by atoms with Crippen LogP contribution >= 0.6 is 0 Å². The lowest BCUT2D eigenvalue weighted by Crippen LogP contribution is -2.32. The van der Waals surface area contributed by atoms with Crippen LogP contribution in [0.15, 0.2) is 70.9 Å². The van der Waals surface area contributed by atoms with Crippen molar-refractivity contribution in [2.24, 2.45) is 16.0 Å². The van der Waals surface area contributed by atoms with Crippen LogP contribution in [0.5, 0.6) is 11.5 Å². The summed E-state index contributed by atoms with van der Waals surface area (Å²) >= 11 is 0. The van der Waals surface area contributed by atoms with Crippen molar-refractivity contribution in [1.82, 2.24) is 4.98 Å². The number of aromatic hydroxyl groups is 1. The summed E-state index contributed by atoms with van der Waals surface area (Å²) in [6.07, 6.45) is -0.644. The lowest BCUT2D eigenvalue weighted by molar-refractivity contribution is -0.138. The Kier molecular flexibility index (Phi) is 6.93. The van der Waals surface area contributed by atoms with Gasteiger partial charge < -0.3 is 26.4 Å². The summed E-state index contributed by atoms with van der Waals surface area (Å²) in [6, 6.07) is 14.7. The number of hydrogen-bond donors (Lipinski definition) is 5. The van der Waals surface area contributed by atoms with Crippen LogP contribution in [0.4, 0.5) is 27.8 Å². The molecule has 3 aromatic rings. The molecule has 0 bridgehead atoms. The van der Waals surface area contributed by atoms with Crippen LogP contribution in [0.1, 0.15) is 5.56 Å². The molecule has 0 fully saturated rings. The minimum absolute atomic E-state index is 0.0149. The number of ether oxygens (including phenoxy) is 1. The number of phenolic OH excluding ortho intramolecular Hbond substituents is 1. The van der Waals surface area contributed by atoms with Crippen molar-refractivity contribution in [3.63, 3.8) is 0 Å². The lowest BCUT2D eigenvalue weighted by atomic mass is 10.1. The molecule has 11 nitrogen and oxygen atoms in total. The number of anilines is 2. The molecule has 32 heavy (non-hydrogen) atoms. The number of benzene rings is 2. The number of rotatable bonds is 7. The van der Waals surface area contributed by atoms with Gasteiger partial charge in [0.05, 0.1) is 0 Å². The van der Waals surface area contributed by atoms with E-state index >= 15 is 0 Å². The van der Waals surface area contributed by atoms with Crippen molar-refractivity contribution >= 4 is 35.1 Å². The highest BCUT2D eigenvalue weighted by atomic mass is 16.6. The monoisotopic (exact) mass is 436 g/mol. The first-order valence-corrected chi connectivity index (χ1v) is 9.34. The summed E-state index contributed by atoms with van der Waals surface area (Å²) in [4.78, 5) is 26.9. The number of carboxylic acids is 1. The van der Waals surface area contributed by atoms with E-state index < -0.39 is 18.1 Å². The van der Waals surface area contributed by atoms with Gasteiger partial charge in [-0.25, -0.2) is 9.78 Å².